The van der Waals surface area contributed by atoms with Crippen LogP contribution in [0.1, 0.15) is 37.4 Å². The van der Waals surface area contributed by atoms with Gasteiger partial charge >= 0.3 is 6.61 Å². The molecular weight excluding hydrogens is 356 g/mol. The predicted octanol–water partition coefficient (Wildman–Crippen LogP) is 4.94. The topological polar surface area (TPSA) is 29.4 Å². The first-order chi connectivity index (χ1) is 12.5. The van der Waals surface area contributed by atoms with Crippen molar-refractivity contribution in [1.82, 2.24) is 9.47 Å². The van der Waals surface area contributed by atoms with Crippen molar-refractivity contribution < 1.29 is 13.5 Å². The van der Waals surface area contributed by atoms with Crippen molar-refractivity contribution in [2.24, 2.45) is 7.05 Å². The predicted molar refractivity (Wildman–Crippen MR) is 103 cm³/mol. The van der Waals surface area contributed by atoms with Crippen molar-refractivity contribution in [1.29, 1.82) is 0 Å². The molecule has 1 aromatic heterocycles. The van der Waals surface area contributed by atoms with Gasteiger partial charge in [0.2, 0.25) is 0 Å². The molecule has 2 aromatic rings. The maximum Gasteiger partial charge on any atom is 0.387 e. The van der Waals surface area contributed by atoms with Crippen LogP contribution in [-0.2, 0) is 7.05 Å². The molecular formula is C19H23F2N3OS. The van der Waals surface area contributed by atoms with E-state index in [1.807, 2.05) is 0 Å². The Labute approximate surface area is 157 Å². The van der Waals surface area contributed by atoms with Gasteiger partial charge in [0.15, 0.2) is 5.11 Å². The van der Waals surface area contributed by atoms with Crippen LogP contribution in [0, 0.1) is 0 Å². The van der Waals surface area contributed by atoms with Gasteiger partial charge in [0.05, 0.1) is 6.04 Å². The second kappa shape index (κ2) is 8.49. The monoisotopic (exact) mass is 379 g/mol. The number of hydrogen-bond acceptors (Lipinski definition) is 2. The molecule has 1 N–H and O–H groups in total. The molecule has 140 valence electrons. The molecule has 0 unspecified atom stereocenters. The van der Waals surface area contributed by atoms with Crippen molar-refractivity contribution in [2.45, 2.75) is 38.3 Å². The Morgan fingerprint density at radius 1 is 1.19 bits per heavy atom. The number of aryl methyl sites for hydroxylation is 1. The van der Waals surface area contributed by atoms with Crippen LogP contribution < -0.4 is 10.1 Å². The third kappa shape index (κ3) is 4.52. The fourth-order valence-electron chi connectivity index (χ4n) is 3.39. The summed E-state index contributed by atoms with van der Waals surface area (Å²) in [6.45, 7) is -1.92. The van der Waals surface area contributed by atoms with E-state index < -0.39 is 6.61 Å². The normalized spacial score (nSPS) is 17.8. The molecule has 0 aliphatic carbocycles. The van der Waals surface area contributed by atoms with Crippen LogP contribution >= 0.6 is 12.2 Å². The third-order valence-corrected chi connectivity index (χ3v) is 5.01. The fraction of sp³-hybridized carbons (Fsp3) is 0.421. The molecule has 4 nitrogen and oxygen atoms in total. The van der Waals surface area contributed by atoms with E-state index in [0.717, 1.165) is 25.1 Å². The summed E-state index contributed by atoms with van der Waals surface area (Å²) in [6.07, 6.45) is 6.58. The van der Waals surface area contributed by atoms with E-state index in [1.54, 1.807) is 12.1 Å². The zero-order valence-electron chi connectivity index (χ0n) is 14.7. The second-order valence-corrected chi connectivity index (χ2v) is 6.82. The van der Waals surface area contributed by atoms with Gasteiger partial charge in [-0.25, -0.2) is 0 Å². The standard InChI is InChI=1S/C19H23F2N3OS/c1-23-12-5-7-16(23)17-6-3-2-4-13-24(17)19(26)22-14-8-10-15(11-9-14)25-18(20)21/h5,7-12,17-18H,2-4,6,13H2,1H3,(H,22,26)/t17-/m0/s1. The highest BCUT2D eigenvalue weighted by molar-refractivity contribution is 7.80. The summed E-state index contributed by atoms with van der Waals surface area (Å²) in [7, 11) is 2.05. The highest BCUT2D eigenvalue weighted by atomic mass is 32.1. The van der Waals surface area contributed by atoms with Gasteiger partial charge in [0.1, 0.15) is 5.75 Å². The average molecular weight is 379 g/mol. The first-order valence-electron chi connectivity index (χ1n) is 8.78. The summed E-state index contributed by atoms with van der Waals surface area (Å²) in [5.41, 5.74) is 2.00. The van der Waals surface area contributed by atoms with Crippen molar-refractivity contribution in [3.63, 3.8) is 0 Å². The van der Waals surface area contributed by atoms with E-state index in [9.17, 15) is 8.78 Å². The zero-order valence-corrected chi connectivity index (χ0v) is 15.5. The first kappa shape index (κ1) is 18.6. The van der Waals surface area contributed by atoms with Gasteiger partial charge in [-0.15, -0.1) is 0 Å². The largest absolute Gasteiger partial charge is 0.435 e. The van der Waals surface area contributed by atoms with Gasteiger partial charge in [0.25, 0.3) is 0 Å². The summed E-state index contributed by atoms with van der Waals surface area (Å²) < 4.78 is 31.0. The number of rotatable bonds is 4. The number of ether oxygens (including phenoxy) is 1. The highest BCUT2D eigenvalue weighted by Crippen LogP contribution is 2.31. The van der Waals surface area contributed by atoms with E-state index in [0.29, 0.717) is 5.11 Å². The summed E-state index contributed by atoms with van der Waals surface area (Å²) >= 11 is 5.67. The average Bonchev–Trinajstić information content (AvgIpc) is 2.88. The number of nitrogens with one attached hydrogen (secondary N) is 1. The van der Waals surface area contributed by atoms with Crippen molar-refractivity contribution in [3.05, 3.63) is 48.3 Å². The lowest BCUT2D eigenvalue weighted by Crippen LogP contribution is -2.38. The summed E-state index contributed by atoms with van der Waals surface area (Å²) in [4.78, 5) is 2.24. The molecule has 26 heavy (non-hydrogen) atoms. The molecule has 2 heterocycles. The lowest BCUT2D eigenvalue weighted by molar-refractivity contribution is -0.0498. The van der Waals surface area contributed by atoms with Crippen LogP contribution in [0.5, 0.6) is 5.75 Å². The van der Waals surface area contributed by atoms with Gasteiger partial charge in [-0.2, -0.15) is 8.78 Å². The van der Waals surface area contributed by atoms with Gasteiger partial charge in [-0.3, -0.25) is 0 Å². The Morgan fingerprint density at radius 2 is 1.96 bits per heavy atom. The molecule has 1 saturated heterocycles. The second-order valence-electron chi connectivity index (χ2n) is 6.44. The molecule has 3 rings (SSSR count). The van der Waals surface area contributed by atoms with Crippen molar-refractivity contribution in [3.8, 4) is 5.75 Å². The summed E-state index contributed by atoms with van der Waals surface area (Å²) in [5.74, 6) is 0.132. The minimum atomic E-state index is -2.82. The molecule has 1 aliphatic heterocycles. The number of aromatic nitrogens is 1. The molecule has 1 aromatic carbocycles. The number of likely N-dealkylation sites (tertiary alicyclic amines) is 1. The van der Waals surface area contributed by atoms with Crippen LogP contribution in [0.2, 0.25) is 0 Å². The smallest absolute Gasteiger partial charge is 0.387 e. The number of anilines is 1. The number of halogens is 2. The van der Waals surface area contributed by atoms with Gasteiger partial charge in [-0.05, 0) is 61.5 Å². The van der Waals surface area contributed by atoms with Crippen molar-refractivity contribution in [2.75, 3.05) is 11.9 Å². The summed E-state index contributed by atoms with van der Waals surface area (Å²) in [6, 6.07) is 10.8. The number of alkyl halides is 2. The summed E-state index contributed by atoms with van der Waals surface area (Å²) in [5, 5.41) is 3.89. The van der Waals surface area contributed by atoms with Gasteiger partial charge < -0.3 is 19.5 Å². The Balaban J connectivity index is 1.72. The van der Waals surface area contributed by atoms with Crippen LogP contribution in [-0.4, -0.2) is 27.7 Å². The number of hydrogen-bond donors (Lipinski definition) is 1. The van der Waals surface area contributed by atoms with E-state index >= 15 is 0 Å². The SMILES string of the molecule is Cn1cccc1[C@@H]1CCCCCN1C(=S)Nc1ccc(OC(F)F)cc1. The van der Waals surface area contributed by atoms with Crippen LogP contribution in [0.25, 0.3) is 0 Å². The molecule has 1 atom stereocenters. The highest BCUT2D eigenvalue weighted by Gasteiger charge is 2.26. The van der Waals surface area contributed by atoms with Gasteiger partial charge in [0, 0.05) is 31.2 Å². The minimum Gasteiger partial charge on any atom is -0.435 e. The molecule has 7 heteroatoms. The third-order valence-electron chi connectivity index (χ3n) is 4.67. The van der Waals surface area contributed by atoms with Crippen LogP contribution in [0.15, 0.2) is 42.6 Å². The molecule has 1 aliphatic rings. The molecule has 1 fully saturated rings. The van der Waals surface area contributed by atoms with Gasteiger partial charge in [-0.1, -0.05) is 12.8 Å². The van der Waals surface area contributed by atoms with Crippen LogP contribution in [0.4, 0.5) is 14.5 Å². The molecule has 0 amide bonds. The van der Waals surface area contributed by atoms with Crippen LogP contribution in [0.3, 0.4) is 0 Å². The van der Waals surface area contributed by atoms with E-state index in [4.69, 9.17) is 12.2 Å². The minimum absolute atomic E-state index is 0.132. The number of thiocarbonyl (C=S) groups is 1. The Bertz CT molecular complexity index is 733. The lowest BCUT2D eigenvalue weighted by atomic mass is 10.1. The fourth-order valence-corrected chi connectivity index (χ4v) is 3.73. The Hall–Kier alpha value is -2.15. The number of benzene rings is 1. The lowest BCUT2D eigenvalue weighted by Gasteiger charge is -2.33. The van der Waals surface area contributed by atoms with E-state index in [2.05, 4.69) is 44.9 Å². The molecule has 0 spiro atoms. The Kier molecular flexibility index (Phi) is 6.08. The number of nitrogens with zero attached hydrogens (tertiary/aromatic N) is 2. The molecule has 0 radical (unpaired) electrons. The maximum absolute atomic E-state index is 12.3. The molecule has 0 bridgehead atoms. The van der Waals surface area contributed by atoms with E-state index in [-0.39, 0.29) is 11.8 Å². The quantitative estimate of drug-likeness (QED) is 0.762. The first-order valence-corrected chi connectivity index (χ1v) is 9.19. The van der Waals surface area contributed by atoms with Crippen molar-refractivity contribution >= 4 is 23.0 Å². The van der Waals surface area contributed by atoms with E-state index in [1.165, 1.54) is 30.7 Å². The molecule has 0 saturated carbocycles. The maximum atomic E-state index is 12.3. The Morgan fingerprint density at radius 3 is 2.62 bits per heavy atom. The zero-order chi connectivity index (χ0) is 18.5.